The molecule has 0 aliphatic carbocycles. The molecule has 3 rings (SSSR count). The molecule has 1 saturated heterocycles. The first-order chi connectivity index (χ1) is 14.1. The minimum absolute atomic E-state index is 0.0580. The van der Waals surface area contributed by atoms with Crippen LogP contribution in [0.3, 0.4) is 0 Å². The van der Waals surface area contributed by atoms with Crippen molar-refractivity contribution in [2.24, 2.45) is 0 Å². The zero-order valence-electron chi connectivity index (χ0n) is 16.3. The van der Waals surface area contributed by atoms with E-state index in [1.807, 2.05) is 36.4 Å². The topological polar surface area (TPSA) is 72.9 Å². The predicted molar refractivity (Wildman–Crippen MR) is 107 cm³/mol. The normalized spacial score (nSPS) is 16.1. The third-order valence-corrected chi connectivity index (χ3v) is 4.93. The molecule has 0 spiro atoms. The summed E-state index contributed by atoms with van der Waals surface area (Å²) in [5, 5.41) is 0. The molecule has 152 valence electrons. The Morgan fingerprint density at radius 1 is 0.897 bits per heavy atom. The lowest BCUT2D eigenvalue weighted by molar-refractivity contribution is -0.144. The Morgan fingerprint density at radius 2 is 1.59 bits per heavy atom. The number of carbonyl (C=O) groups excluding carboxylic acids is 3. The van der Waals surface area contributed by atoms with E-state index in [1.165, 1.54) is 0 Å². The van der Waals surface area contributed by atoms with Crippen LogP contribution >= 0.6 is 0 Å². The van der Waals surface area contributed by atoms with E-state index < -0.39 is 12.1 Å². The van der Waals surface area contributed by atoms with Crippen LogP contribution in [0.1, 0.15) is 41.6 Å². The Labute approximate surface area is 170 Å². The molecule has 6 nitrogen and oxygen atoms in total. The van der Waals surface area contributed by atoms with E-state index >= 15 is 0 Å². The van der Waals surface area contributed by atoms with Gasteiger partial charge in [-0.05, 0) is 24.8 Å². The molecule has 1 unspecified atom stereocenters. The summed E-state index contributed by atoms with van der Waals surface area (Å²) in [4.78, 5) is 38.4. The molecule has 1 amide bonds. The number of Topliss-reactive ketones (excluding diaryl/α,β-unsaturated/α-hetero) is 1. The second-order valence-electron chi connectivity index (χ2n) is 7.04. The van der Waals surface area contributed by atoms with Crippen molar-refractivity contribution in [1.29, 1.82) is 0 Å². The van der Waals surface area contributed by atoms with Gasteiger partial charge in [0, 0.05) is 18.2 Å². The van der Waals surface area contributed by atoms with Crippen molar-refractivity contribution >= 4 is 17.8 Å². The van der Waals surface area contributed by atoms with Gasteiger partial charge in [0.2, 0.25) is 0 Å². The average Bonchev–Trinajstić information content (AvgIpc) is 2.77. The van der Waals surface area contributed by atoms with Gasteiger partial charge in [0.25, 0.3) is 0 Å². The maximum absolute atomic E-state index is 12.5. The van der Waals surface area contributed by atoms with Gasteiger partial charge < -0.3 is 14.4 Å². The van der Waals surface area contributed by atoms with Gasteiger partial charge >= 0.3 is 12.1 Å². The molecule has 0 bridgehead atoms. The molecule has 1 aliphatic rings. The molecule has 2 aromatic carbocycles. The lowest BCUT2D eigenvalue weighted by Gasteiger charge is -2.34. The number of hydrogen-bond donors (Lipinski definition) is 0. The van der Waals surface area contributed by atoms with Crippen molar-refractivity contribution in [2.45, 2.75) is 38.3 Å². The van der Waals surface area contributed by atoms with E-state index in [9.17, 15) is 14.4 Å². The Balaban J connectivity index is 1.49. The fourth-order valence-electron chi connectivity index (χ4n) is 3.36. The van der Waals surface area contributed by atoms with Crippen LogP contribution in [0.25, 0.3) is 0 Å². The number of esters is 1. The molecule has 1 atom stereocenters. The van der Waals surface area contributed by atoms with Crippen LogP contribution < -0.4 is 0 Å². The highest BCUT2D eigenvalue weighted by Gasteiger charge is 2.30. The maximum atomic E-state index is 12.5. The first-order valence-electron chi connectivity index (χ1n) is 9.84. The second kappa shape index (κ2) is 10.4. The summed E-state index contributed by atoms with van der Waals surface area (Å²) in [6.45, 7) is 0.446. The maximum Gasteiger partial charge on any atom is 0.410 e. The van der Waals surface area contributed by atoms with Crippen LogP contribution in [-0.4, -0.2) is 41.9 Å². The molecule has 1 aliphatic heterocycles. The zero-order valence-corrected chi connectivity index (χ0v) is 16.3. The molecule has 0 saturated carbocycles. The van der Waals surface area contributed by atoms with E-state index in [4.69, 9.17) is 9.47 Å². The van der Waals surface area contributed by atoms with Crippen LogP contribution in [-0.2, 0) is 20.9 Å². The van der Waals surface area contributed by atoms with Crippen molar-refractivity contribution in [2.75, 3.05) is 13.2 Å². The largest absolute Gasteiger partial charge is 0.457 e. The van der Waals surface area contributed by atoms with Crippen LogP contribution in [0, 0.1) is 0 Å². The average molecular weight is 395 g/mol. The first kappa shape index (κ1) is 20.6. The summed E-state index contributed by atoms with van der Waals surface area (Å²) in [7, 11) is 0. The highest BCUT2D eigenvalue weighted by Crippen LogP contribution is 2.21. The fraction of sp³-hybridized carbons (Fsp3) is 0.348. The summed E-state index contributed by atoms with van der Waals surface area (Å²) in [5.74, 6) is -0.733. The Hall–Kier alpha value is -3.15. The molecule has 29 heavy (non-hydrogen) atoms. The molecule has 6 heteroatoms. The number of amides is 1. The highest BCUT2D eigenvalue weighted by molar-refractivity contribution is 5.97. The van der Waals surface area contributed by atoms with Crippen molar-refractivity contribution in [1.82, 2.24) is 4.90 Å². The van der Waals surface area contributed by atoms with Crippen LogP contribution in [0.15, 0.2) is 60.7 Å². The lowest BCUT2D eigenvalue weighted by Crippen LogP contribution is -2.45. The minimum atomic E-state index is -0.484. The van der Waals surface area contributed by atoms with Gasteiger partial charge in [-0.2, -0.15) is 0 Å². The van der Waals surface area contributed by atoms with E-state index in [0.29, 0.717) is 18.5 Å². The number of likely N-dealkylation sites (tertiary alicyclic amines) is 1. The summed E-state index contributed by atoms with van der Waals surface area (Å²) in [6, 6.07) is 17.9. The number of hydrogen-bond acceptors (Lipinski definition) is 5. The standard InChI is InChI=1S/C23H25NO5/c25-21(19-11-5-2-6-12-19)17-28-22(26)15-20-13-7-8-14-24(20)23(27)29-16-18-9-3-1-4-10-18/h1-6,9-12,20H,7-8,13-17H2. The van der Waals surface area contributed by atoms with Crippen molar-refractivity contribution < 1.29 is 23.9 Å². The predicted octanol–water partition coefficient (Wildman–Crippen LogP) is 3.99. The lowest BCUT2D eigenvalue weighted by atomic mass is 10.00. The van der Waals surface area contributed by atoms with Gasteiger partial charge in [-0.1, -0.05) is 60.7 Å². The van der Waals surface area contributed by atoms with Gasteiger partial charge in [-0.3, -0.25) is 9.59 Å². The Morgan fingerprint density at radius 3 is 2.31 bits per heavy atom. The highest BCUT2D eigenvalue weighted by atomic mass is 16.6. The van der Waals surface area contributed by atoms with Gasteiger partial charge in [0.05, 0.1) is 6.42 Å². The second-order valence-corrected chi connectivity index (χ2v) is 7.04. The molecule has 0 radical (unpaired) electrons. The third kappa shape index (κ3) is 6.17. The Bertz CT molecular complexity index is 822. The van der Waals surface area contributed by atoms with Gasteiger partial charge in [-0.15, -0.1) is 0 Å². The smallest absolute Gasteiger partial charge is 0.410 e. The number of benzene rings is 2. The number of rotatable bonds is 7. The zero-order chi connectivity index (χ0) is 20.5. The van der Waals surface area contributed by atoms with Crippen LogP contribution in [0.4, 0.5) is 4.79 Å². The van der Waals surface area contributed by atoms with Crippen molar-refractivity contribution in [3.05, 3.63) is 71.8 Å². The van der Waals surface area contributed by atoms with Crippen molar-refractivity contribution in [3.8, 4) is 0 Å². The summed E-state index contributed by atoms with van der Waals surface area (Å²) in [6.07, 6.45) is 2.15. The Kier molecular flexibility index (Phi) is 7.39. The quantitative estimate of drug-likeness (QED) is 0.523. The van der Waals surface area contributed by atoms with Gasteiger partial charge in [-0.25, -0.2) is 4.79 Å². The van der Waals surface area contributed by atoms with E-state index in [2.05, 4.69) is 0 Å². The molecule has 2 aromatic rings. The molecular formula is C23H25NO5. The number of piperidine rings is 1. The monoisotopic (exact) mass is 395 g/mol. The van der Waals surface area contributed by atoms with E-state index in [-0.39, 0.29) is 31.5 Å². The number of nitrogens with zero attached hydrogens (tertiary/aromatic N) is 1. The molecule has 0 aromatic heterocycles. The molecule has 0 N–H and O–H groups in total. The van der Waals surface area contributed by atoms with Crippen molar-refractivity contribution in [3.63, 3.8) is 0 Å². The summed E-state index contributed by atoms with van der Waals surface area (Å²) < 4.78 is 10.6. The number of ether oxygens (including phenoxy) is 2. The SMILES string of the molecule is O=C(CC1CCCCN1C(=O)OCc1ccccc1)OCC(=O)c1ccccc1. The molecule has 1 fully saturated rings. The van der Waals surface area contributed by atoms with E-state index in [1.54, 1.807) is 29.2 Å². The number of ketones is 1. The number of carbonyl (C=O) groups is 3. The first-order valence-corrected chi connectivity index (χ1v) is 9.84. The van der Waals surface area contributed by atoms with Gasteiger partial charge in [0.1, 0.15) is 6.61 Å². The molecular weight excluding hydrogens is 370 g/mol. The van der Waals surface area contributed by atoms with E-state index in [0.717, 1.165) is 18.4 Å². The fourth-order valence-corrected chi connectivity index (χ4v) is 3.36. The van der Waals surface area contributed by atoms with Crippen LogP contribution in [0.2, 0.25) is 0 Å². The van der Waals surface area contributed by atoms with Crippen LogP contribution in [0.5, 0.6) is 0 Å². The summed E-state index contributed by atoms with van der Waals surface area (Å²) in [5.41, 5.74) is 1.41. The third-order valence-electron chi connectivity index (χ3n) is 4.93. The summed E-state index contributed by atoms with van der Waals surface area (Å²) >= 11 is 0. The van der Waals surface area contributed by atoms with Gasteiger partial charge in [0.15, 0.2) is 12.4 Å². The molecule has 1 heterocycles. The minimum Gasteiger partial charge on any atom is -0.457 e.